The van der Waals surface area contributed by atoms with Crippen LogP contribution in [0.15, 0.2) is 18.2 Å². The predicted octanol–water partition coefficient (Wildman–Crippen LogP) is 5.20. The van der Waals surface area contributed by atoms with Crippen LogP contribution in [-0.4, -0.2) is 36.2 Å². The summed E-state index contributed by atoms with van der Waals surface area (Å²) in [4.78, 5) is 23.8. The number of carbonyl (C=O) groups is 2. The fourth-order valence-corrected chi connectivity index (χ4v) is 7.99. The van der Waals surface area contributed by atoms with Gasteiger partial charge in [0.1, 0.15) is 0 Å². The van der Waals surface area contributed by atoms with E-state index in [1.54, 1.807) is 0 Å². The lowest BCUT2D eigenvalue weighted by molar-refractivity contribution is -0.0503. The van der Waals surface area contributed by atoms with Gasteiger partial charge in [-0.15, -0.1) is 0 Å². The topological polar surface area (TPSA) is 90.5 Å². The van der Waals surface area contributed by atoms with Gasteiger partial charge < -0.3 is 21.1 Å². The summed E-state index contributed by atoms with van der Waals surface area (Å²) >= 11 is 6.43. The number of hydrogen-bond acceptors (Lipinski definition) is 3. The highest BCUT2D eigenvalue weighted by atomic mass is 35.5. The molecule has 1 aromatic carbocycles. The van der Waals surface area contributed by atoms with E-state index in [9.17, 15) is 9.59 Å². The number of rotatable bonds is 8. The number of hydrogen-bond donors (Lipinski definition) is 4. The molecule has 5 saturated carbocycles. The fraction of sp³-hybridized carbons (Fsp3) is 0.704. The van der Waals surface area contributed by atoms with Gasteiger partial charge in [-0.1, -0.05) is 17.7 Å². The second-order valence-corrected chi connectivity index (χ2v) is 12.1. The Bertz CT molecular complexity index is 877. The minimum atomic E-state index is -0.944. The monoisotopic (exact) mass is 487 g/mol. The van der Waals surface area contributed by atoms with E-state index >= 15 is 0 Å². The molecule has 0 radical (unpaired) electrons. The lowest BCUT2D eigenvalue weighted by Crippen LogP contribution is -2.51. The average Bonchev–Trinajstić information content (AvgIpc) is 2.80. The fourth-order valence-electron chi connectivity index (χ4n) is 7.79. The number of benzene rings is 1. The third-order valence-electron chi connectivity index (χ3n) is 9.05. The van der Waals surface area contributed by atoms with Crippen molar-refractivity contribution in [1.82, 2.24) is 16.0 Å². The molecule has 186 valence electrons. The first-order valence-electron chi connectivity index (χ1n) is 13.1. The molecule has 0 heterocycles. The summed E-state index contributed by atoms with van der Waals surface area (Å²) in [6, 6.07) is 6.19. The van der Waals surface area contributed by atoms with Gasteiger partial charge in [0.15, 0.2) is 0 Å². The summed E-state index contributed by atoms with van der Waals surface area (Å²) in [5, 5.41) is 18.7. The molecule has 5 fully saturated rings. The Morgan fingerprint density at radius 2 is 1.62 bits per heavy atom. The summed E-state index contributed by atoms with van der Waals surface area (Å²) in [5.74, 6) is 3.02. The van der Waals surface area contributed by atoms with E-state index in [1.165, 1.54) is 38.5 Å². The lowest BCUT2D eigenvalue weighted by atomic mass is 9.49. The van der Waals surface area contributed by atoms with Crippen LogP contribution in [0.1, 0.15) is 80.1 Å². The van der Waals surface area contributed by atoms with Gasteiger partial charge in [0, 0.05) is 25.7 Å². The van der Waals surface area contributed by atoms with Gasteiger partial charge in [0.2, 0.25) is 0 Å². The molecule has 6 nitrogen and oxygen atoms in total. The second kappa shape index (κ2) is 10.1. The predicted molar refractivity (Wildman–Crippen MR) is 133 cm³/mol. The third kappa shape index (κ3) is 5.54. The molecule has 0 unspecified atom stereocenters. The Kier molecular flexibility index (Phi) is 7.08. The first-order chi connectivity index (χ1) is 16.4. The van der Waals surface area contributed by atoms with Crippen molar-refractivity contribution in [3.63, 3.8) is 0 Å². The van der Waals surface area contributed by atoms with Gasteiger partial charge in [0.25, 0.3) is 5.91 Å². The molecule has 0 atom stereocenters. The van der Waals surface area contributed by atoms with Crippen LogP contribution in [0.4, 0.5) is 4.79 Å². The van der Waals surface area contributed by atoms with E-state index in [-0.39, 0.29) is 5.91 Å². The highest BCUT2D eigenvalue weighted by Gasteiger charge is 2.50. The Labute approximate surface area is 207 Å². The Morgan fingerprint density at radius 3 is 2.24 bits per heavy atom. The van der Waals surface area contributed by atoms with Crippen LogP contribution in [0.5, 0.6) is 0 Å². The SMILES string of the molecule is O=C(O)NCC1CCC(NCc2ccc(Cl)c(C(=O)NCC34CC5CC(CC(C5)C3)C4)c2)CC1. The molecule has 0 aliphatic heterocycles. The van der Waals surface area contributed by atoms with E-state index in [0.29, 0.717) is 41.1 Å². The summed E-state index contributed by atoms with van der Waals surface area (Å²) in [7, 11) is 0. The summed E-state index contributed by atoms with van der Waals surface area (Å²) in [6.07, 6.45) is 11.3. The number of carbonyl (C=O) groups excluding carboxylic acids is 1. The maximum atomic E-state index is 13.1. The van der Waals surface area contributed by atoms with Gasteiger partial charge >= 0.3 is 6.09 Å². The van der Waals surface area contributed by atoms with Gasteiger partial charge in [-0.3, -0.25) is 4.79 Å². The molecule has 34 heavy (non-hydrogen) atoms. The first kappa shape index (κ1) is 23.9. The van der Waals surface area contributed by atoms with Crippen LogP contribution in [-0.2, 0) is 6.54 Å². The molecule has 0 spiro atoms. The van der Waals surface area contributed by atoms with Crippen molar-refractivity contribution in [2.24, 2.45) is 29.1 Å². The number of amides is 2. The minimum Gasteiger partial charge on any atom is -0.465 e. The molecular formula is C27H38ClN3O3. The van der Waals surface area contributed by atoms with E-state index in [4.69, 9.17) is 16.7 Å². The zero-order chi connectivity index (χ0) is 23.7. The largest absolute Gasteiger partial charge is 0.465 e. The highest BCUT2D eigenvalue weighted by molar-refractivity contribution is 6.33. The van der Waals surface area contributed by atoms with Crippen molar-refractivity contribution < 1.29 is 14.7 Å². The molecule has 4 bridgehead atoms. The zero-order valence-electron chi connectivity index (χ0n) is 20.0. The van der Waals surface area contributed by atoms with Crippen molar-refractivity contribution in [3.05, 3.63) is 34.3 Å². The molecule has 5 aliphatic rings. The maximum absolute atomic E-state index is 13.1. The minimum absolute atomic E-state index is 0.0472. The molecule has 6 rings (SSSR count). The molecule has 7 heteroatoms. The first-order valence-corrected chi connectivity index (χ1v) is 13.5. The van der Waals surface area contributed by atoms with Crippen LogP contribution in [0.25, 0.3) is 0 Å². The van der Waals surface area contributed by atoms with E-state index in [1.807, 2.05) is 18.2 Å². The molecular weight excluding hydrogens is 450 g/mol. The van der Waals surface area contributed by atoms with Crippen molar-refractivity contribution in [3.8, 4) is 0 Å². The van der Waals surface area contributed by atoms with E-state index in [2.05, 4.69) is 16.0 Å². The number of carboxylic acid groups (broad SMARTS) is 1. The van der Waals surface area contributed by atoms with Crippen LogP contribution < -0.4 is 16.0 Å². The number of nitrogens with one attached hydrogen (secondary N) is 3. The van der Waals surface area contributed by atoms with E-state index in [0.717, 1.165) is 55.5 Å². The second-order valence-electron chi connectivity index (χ2n) is 11.7. The van der Waals surface area contributed by atoms with Crippen molar-refractivity contribution in [2.75, 3.05) is 13.1 Å². The Hall–Kier alpha value is -1.79. The molecule has 0 aromatic heterocycles. The number of halogens is 1. The van der Waals surface area contributed by atoms with Gasteiger partial charge in [-0.2, -0.15) is 0 Å². The van der Waals surface area contributed by atoms with Crippen LogP contribution in [0, 0.1) is 29.1 Å². The summed E-state index contributed by atoms with van der Waals surface area (Å²) in [6.45, 7) is 2.03. The Morgan fingerprint density at radius 1 is 0.971 bits per heavy atom. The van der Waals surface area contributed by atoms with Crippen LogP contribution >= 0.6 is 11.6 Å². The van der Waals surface area contributed by atoms with E-state index < -0.39 is 6.09 Å². The zero-order valence-corrected chi connectivity index (χ0v) is 20.7. The Balaban J connectivity index is 1.11. The van der Waals surface area contributed by atoms with Crippen molar-refractivity contribution in [2.45, 2.75) is 76.8 Å². The standard InChI is InChI=1S/C27H38ClN3O3/c28-24-6-3-18(15-29-22-4-1-17(2-5-22)14-30-26(33)34)10-23(24)25(32)31-16-27-11-19-7-20(12-27)9-21(8-19)13-27/h3,6,10,17,19-22,29-30H,1-2,4-5,7-9,11-16H2,(H,31,32)(H,33,34). The van der Waals surface area contributed by atoms with Crippen LogP contribution in [0.2, 0.25) is 5.02 Å². The normalized spacial score (nSPS) is 34.1. The molecule has 4 N–H and O–H groups in total. The lowest BCUT2D eigenvalue weighted by Gasteiger charge is -2.56. The molecule has 1 aromatic rings. The van der Waals surface area contributed by atoms with Gasteiger partial charge in [-0.25, -0.2) is 4.79 Å². The van der Waals surface area contributed by atoms with Crippen molar-refractivity contribution >= 4 is 23.6 Å². The summed E-state index contributed by atoms with van der Waals surface area (Å²) < 4.78 is 0. The van der Waals surface area contributed by atoms with Crippen LogP contribution in [0.3, 0.4) is 0 Å². The third-order valence-corrected chi connectivity index (χ3v) is 9.38. The quantitative estimate of drug-likeness (QED) is 0.405. The smallest absolute Gasteiger partial charge is 0.404 e. The molecule has 5 aliphatic carbocycles. The molecule has 0 saturated heterocycles. The average molecular weight is 488 g/mol. The highest BCUT2D eigenvalue weighted by Crippen LogP contribution is 2.59. The maximum Gasteiger partial charge on any atom is 0.404 e. The van der Waals surface area contributed by atoms with Crippen molar-refractivity contribution in [1.29, 1.82) is 0 Å². The van der Waals surface area contributed by atoms with Gasteiger partial charge in [-0.05, 0) is 111 Å². The molecule has 2 amide bonds. The van der Waals surface area contributed by atoms with Gasteiger partial charge in [0.05, 0.1) is 10.6 Å². The summed E-state index contributed by atoms with van der Waals surface area (Å²) in [5.41, 5.74) is 1.96.